The van der Waals surface area contributed by atoms with Gasteiger partial charge in [0.25, 0.3) is 5.91 Å². The second-order valence-electron chi connectivity index (χ2n) is 7.99. The van der Waals surface area contributed by atoms with E-state index in [2.05, 4.69) is 16.0 Å². The summed E-state index contributed by atoms with van der Waals surface area (Å²) in [6, 6.07) is 13.5. The third-order valence-electron chi connectivity index (χ3n) is 5.73. The van der Waals surface area contributed by atoms with Crippen LogP contribution in [0.5, 0.6) is 5.75 Å². The van der Waals surface area contributed by atoms with E-state index in [1.807, 2.05) is 42.6 Å². The number of ether oxygens (including phenoxy) is 1. The van der Waals surface area contributed by atoms with Crippen LogP contribution in [-0.4, -0.2) is 64.2 Å². The van der Waals surface area contributed by atoms with E-state index in [0.717, 1.165) is 56.8 Å². The highest BCUT2D eigenvalue weighted by atomic mass is 16.5. The van der Waals surface area contributed by atoms with Crippen LogP contribution in [0.2, 0.25) is 0 Å². The average molecular weight is 396 g/mol. The molecule has 1 atom stereocenters. The second-order valence-corrected chi connectivity index (χ2v) is 7.99. The molecule has 1 aromatic carbocycles. The van der Waals surface area contributed by atoms with Crippen LogP contribution in [0.4, 0.5) is 0 Å². The lowest BCUT2D eigenvalue weighted by Crippen LogP contribution is -2.42. The van der Waals surface area contributed by atoms with E-state index in [-0.39, 0.29) is 12.0 Å². The van der Waals surface area contributed by atoms with E-state index in [0.29, 0.717) is 18.7 Å². The number of β-amino-alcohol motifs (C(OH)–C–C–N with tert-alkyl or cyclic N) is 1. The Morgan fingerprint density at radius 1 is 1.07 bits per heavy atom. The summed E-state index contributed by atoms with van der Waals surface area (Å²) < 4.78 is 6.14. The number of carbonyl (C=O) groups excluding carboxylic acids is 1. The van der Waals surface area contributed by atoms with Crippen LogP contribution in [0, 0.1) is 0 Å². The summed E-state index contributed by atoms with van der Waals surface area (Å²) in [4.78, 5) is 21.1. The molecule has 2 aliphatic heterocycles. The first-order valence-corrected chi connectivity index (χ1v) is 10.5. The van der Waals surface area contributed by atoms with Gasteiger partial charge < -0.3 is 14.7 Å². The van der Waals surface area contributed by atoms with Gasteiger partial charge in [-0.2, -0.15) is 0 Å². The summed E-state index contributed by atoms with van der Waals surface area (Å²) in [5.74, 6) is 0.793. The maximum Gasteiger partial charge on any atom is 0.253 e. The summed E-state index contributed by atoms with van der Waals surface area (Å²) >= 11 is 0. The zero-order valence-electron chi connectivity index (χ0n) is 16.7. The van der Waals surface area contributed by atoms with Crippen LogP contribution in [0.3, 0.4) is 0 Å². The van der Waals surface area contributed by atoms with Gasteiger partial charge in [0.05, 0.1) is 11.8 Å². The van der Waals surface area contributed by atoms with Crippen molar-refractivity contribution in [3.63, 3.8) is 0 Å². The Morgan fingerprint density at radius 2 is 1.86 bits per heavy atom. The summed E-state index contributed by atoms with van der Waals surface area (Å²) in [6.45, 7) is 4.01. The third-order valence-corrected chi connectivity index (χ3v) is 5.73. The molecule has 29 heavy (non-hydrogen) atoms. The minimum atomic E-state index is -0.404. The number of hydrogen-bond acceptors (Lipinski definition) is 5. The first-order chi connectivity index (χ1) is 14.2. The Bertz CT molecular complexity index is 789. The number of nitrogens with zero attached hydrogens (tertiary/aromatic N) is 3. The molecule has 1 N–H and O–H groups in total. The molecule has 2 aromatic rings. The lowest BCUT2D eigenvalue weighted by Gasteiger charge is -2.32. The number of piperidine rings is 2. The third kappa shape index (κ3) is 5.34. The number of aliphatic hydroxyl groups excluding tert-OH is 1. The molecule has 2 saturated heterocycles. The second kappa shape index (κ2) is 9.37. The number of benzene rings is 1. The molecule has 4 rings (SSSR count). The molecule has 1 amide bonds. The van der Waals surface area contributed by atoms with Crippen molar-refractivity contribution in [2.24, 2.45) is 0 Å². The fourth-order valence-corrected chi connectivity index (χ4v) is 4.10. The highest BCUT2D eigenvalue weighted by Crippen LogP contribution is 2.21. The monoisotopic (exact) mass is 395 g/mol. The maximum atomic E-state index is 12.6. The number of amides is 1. The van der Waals surface area contributed by atoms with Gasteiger partial charge in [0.2, 0.25) is 0 Å². The number of aromatic nitrogens is 1. The number of aliphatic hydroxyl groups is 1. The number of rotatable bonds is 5. The largest absolute Gasteiger partial charge is 0.490 e. The topological polar surface area (TPSA) is 65.9 Å². The standard InChI is InChI=1S/C23H29N3O3/c27-20-5-3-13-26(17-20)23(28)18-6-8-21(9-7-18)29-22-10-14-25(15-11-22)16-19-4-1-2-12-24-19/h1-2,4,6-9,12,20,22,27H,3,5,10-11,13-17H2/t20-/m1/s1. The van der Waals surface area contributed by atoms with Gasteiger partial charge in [0.1, 0.15) is 11.9 Å². The van der Waals surface area contributed by atoms with Gasteiger partial charge in [-0.05, 0) is 62.1 Å². The summed E-state index contributed by atoms with van der Waals surface area (Å²) in [5, 5.41) is 9.78. The molecule has 3 heterocycles. The highest BCUT2D eigenvalue weighted by Gasteiger charge is 2.24. The van der Waals surface area contributed by atoms with Crippen molar-refractivity contribution in [3.05, 3.63) is 59.9 Å². The fourth-order valence-electron chi connectivity index (χ4n) is 4.10. The van der Waals surface area contributed by atoms with Gasteiger partial charge in [-0.1, -0.05) is 6.07 Å². The molecule has 154 valence electrons. The molecule has 6 heteroatoms. The van der Waals surface area contributed by atoms with Crippen LogP contribution in [0.25, 0.3) is 0 Å². The lowest BCUT2D eigenvalue weighted by atomic mass is 10.1. The van der Waals surface area contributed by atoms with Crippen molar-refractivity contribution in [3.8, 4) is 5.75 Å². The van der Waals surface area contributed by atoms with Crippen molar-refractivity contribution in [2.75, 3.05) is 26.2 Å². The van der Waals surface area contributed by atoms with E-state index in [1.54, 1.807) is 4.90 Å². The Hall–Kier alpha value is -2.44. The van der Waals surface area contributed by atoms with E-state index >= 15 is 0 Å². The highest BCUT2D eigenvalue weighted by molar-refractivity contribution is 5.94. The van der Waals surface area contributed by atoms with Crippen LogP contribution < -0.4 is 4.74 Å². The lowest BCUT2D eigenvalue weighted by molar-refractivity contribution is 0.0473. The number of carbonyl (C=O) groups is 1. The number of pyridine rings is 1. The van der Waals surface area contributed by atoms with E-state index in [9.17, 15) is 9.90 Å². The molecular weight excluding hydrogens is 366 g/mol. The maximum absolute atomic E-state index is 12.6. The Balaban J connectivity index is 1.26. The van der Waals surface area contributed by atoms with Crippen molar-refractivity contribution in [2.45, 2.75) is 44.4 Å². The summed E-state index contributed by atoms with van der Waals surface area (Å²) in [6.07, 6.45) is 5.24. The Kier molecular flexibility index (Phi) is 6.42. The van der Waals surface area contributed by atoms with E-state index in [4.69, 9.17) is 4.74 Å². The zero-order chi connectivity index (χ0) is 20.1. The minimum absolute atomic E-state index is 0.0156. The molecule has 0 spiro atoms. The molecule has 2 fully saturated rings. The zero-order valence-corrected chi connectivity index (χ0v) is 16.7. The van der Waals surface area contributed by atoms with Crippen LogP contribution in [0.15, 0.2) is 48.7 Å². The molecular formula is C23H29N3O3. The van der Waals surface area contributed by atoms with Crippen molar-refractivity contribution < 1.29 is 14.6 Å². The quantitative estimate of drug-likeness (QED) is 0.843. The average Bonchev–Trinajstić information content (AvgIpc) is 2.76. The normalized spacial score (nSPS) is 21.1. The molecule has 6 nitrogen and oxygen atoms in total. The smallest absolute Gasteiger partial charge is 0.253 e. The van der Waals surface area contributed by atoms with Crippen LogP contribution in [0.1, 0.15) is 41.7 Å². The first-order valence-electron chi connectivity index (χ1n) is 10.5. The number of likely N-dealkylation sites (tertiary alicyclic amines) is 2. The van der Waals surface area contributed by atoms with Gasteiger partial charge in [0.15, 0.2) is 0 Å². The molecule has 0 saturated carbocycles. The summed E-state index contributed by atoms with van der Waals surface area (Å²) in [5.41, 5.74) is 1.75. The molecule has 0 aliphatic carbocycles. The van der Waals surface area contributed by atoms with E-state index in [1.165, 1.54) is 0 Å². The molecule has 2 aliphatic rings. The van der Waals surface area contributed by atoms with Gasteiger partial charge in [-0.3, -0.25) is 14.7 Å². The van der Waals surface area contributed by atoms with E-state index < -0.39 is 6.10 Å². The van der Waals surface area contributed by atoms with Gasteiger partial charge in [-0.25, -0.2) is 0 Å². The van der Waals surface area contributed by atoms with Gasteiger partial charge >= 0.3 is 0 Å². The first kappa shape index (κ1) is 19.9. The summed E-state index contributed by atoms with van der Waals surface area (Å²) in [7, 11) is 0. The molecule has 0 radical (unpaired) electrons. The Labute approximate surface area is 172 Å². The molecule has 0 unspecified atom stereocenters. The minimum Gasteiger partial charge on any atom is -0.490 e. The molecule has 0 bridgehead atoms. The molecule has 1 aromatic heterocycles. The van der Waals surface area contributed by atoms with Crippen molar-refractivity contribution >= 4 is 5.91 Å². The SMILES string of the molecule is O=C(c1ccc(OC2CCN(Cc3ccccn3)CC2)cc1)N1CCC[C@@H](O)C1. The van der Waals surface area contributed by atoms with Crippen molar-refractivity contribution in [1.29, 1.82) is 0 Å². The number of hydrogen-bond donors (Lipinski definition) is 1. The Morgan fingerprint density at radius 3 is 2.55 bits per heavy atom. The fraction of sp³-hybridized carbons (Fsp3) is 0.478. The van der Waals surface area contributed by atoms with Gasteiger partial charge in [-0.15, -0.1) is 0 Å². The van der Waals surface area contributed by atoms with Crippen LogP contribution >= 0.6 is 0 Å². The van der Waals surface area contributed by atoms with Crippen molar-refractivity contribution in [1.82, 2.24) is 14.8 Å². The predicted octanol–water partition coefficient (Wildman–Crippen LogP) is 2.72. The van der Waals surface area contributed by atoms with Gasteiger partial charge in [0, 0.05) is 44.5 Å². The predicted molar refractivity (Wildman–Crippen MR) is 111 cm³/mol. The van der Waals surface area contributed by atoms with Crippen LogP contribution in [-0.2, 0) is 6.54 Å².